The van der Waals surface area contributed by atoms with Crippen LogP contribution in [0.2, 0.25) is 0 Å². The van der Waals surface area contributed by atoms with Crippen LogP contribution in [-0.4, -0.2) is 59.7 Å². The number of rotatable bonds is 6. The van der Waals surface area contributed by atoms with Crippen molar-refractivity contribution >= 4 is 23.4 Å². The highest BCUT2D eigenvalue weighted by Gasteiger charge is 2.40. The highest BCUT2D eigenvalue weighted by atomic mass is 19.1. The van der Waals surface area contributed by atoms with E-state index >= 15 is 0 Å². The number of hydrogen-bond acceptors (Lipinski definition) is 7. The number of piperazine rings is 1. The zero-order valence-corrected chi connectivity index (χ0v) is 24.9. The van der Waals surface area contributed by atoms with Gasteiger partial charge in [0.2, 0.25) is 11.8 Å². The summed E-state index contributed by atoms with van der Waals surface area (Å²) >= 11 is 0. The minimum absolute atomic E-state index is 0.215. The summed E-state index contributed by atoms with van der Waals surface area (Å²) in [5, 5.41) is 11.4. The molecule has 4 aliphatic rings. The molecule has 2 saturated heterocycles. The van der Waals surface area contributed by atoms with E-state index in [0.717, 1.165) is 56.6 Å². The molecular formula is C35H34FN5O4. The molecule has 10 heteroatoms. The highest BCUT2D eigenvalue weighted by molar-refractivity contribution is 6.05. The van der Waals surface area contributed by atoms with Gasteiger partial charge in [0, 0.05) is 49.8 Å². The van der Waals surface area contributed by atoms with Crippen molar-refractivity contribution in [2.24, 2.45) is 0 Å². The first-order chi connectivity index (χ1) is 21.9. The van der Waals surface area contributed by atoms with E-state index < -0.39 is 11.9 Å². The molecule has 3 aromatic carbocycles. The highest BCUT2D eigenvalue weighted by Crippen LogP contribution is 2.37. The van der Waals surface area contributed by atoms with E-state index in [1.807, 2.05) is 12.1 Å². The molecule has 2 unspecified atom stereocenters. The van der Waals surface area contributed by atoms with Crippen LogP contribution in [0, 0.1) is 17.1 Å². The summed E-state index contributed by atoms with van der Waals surface area (Å²) in [7, 11) is 0. The van der Waals surface area contributed by atoms with Gasteiger partial charge in [0.25, 0.3) is 5.91 Å². The van der Waals surface area contributed by atoms with Crippen molar-refractivity contribution in [2.75, 3.05) is 31.1 Å². The fraction of sp³-hybridized carbons (Fsp3) is 0.371. The standard InChI is InChI=1S/C35H34FN5O4/c36-28-18-22(19-37)8-10-30(28)40-15-13-39(14-16-40)29-5-1-3-24-17-23(7-9-25(24)29)21-45-32-6-2-4-26-27(32)20-41(35(26)44)31-11-12-33(42)38-34(31)43/h2,4,6-10,17-18,29,31H,1,3,5,11-16,20-21H2,(H,38,42,43). The number of carbonyl (C=O) groups is 3. The number of nitrogens with one attached hydrogen (secondary N) is 1. The molecule has 0 radical (unpaired) electrons. The van der Waals surface area contributed by atoms with Crippen LogP contribution in [-0.2, 0) is 29.2 Å². The Bertz CT molecular complexity index is 1730. The van der Waals surface area contributed by atoms with Gasteiger partial charge in [0.1, 0.15) is 24.2 Å². The van der Waals surface area contributed by atoms with Gasteiger partial charge >= 0.3 is 0 Å². The second-order valence-corrected chi connectivity index (χ2v) is 12.2. The summed E-state index contributed by atoms with van der Waals surface area (Å²) in [4.78, 5) is 43.3. The van der Waals surface area contributed by atoms with Crippen molar-refractivity contribution in [1.82, 2.24) is 15.1 Å². The molecular weight excluding hydrogens is 573 g/mol. The molecule has 1 aliphatic carbocycles. The minimum Gasteiger partial charge on any atom is -0.489 e. The third-order valence-electron chi connectivity index (χ3n) is 9.60. The predicted octanol–water partition coefficient (Wildman–Crippen LogP) is 4.24. The lowest BCUT2D eigenvalue weighted by molar-refractivity contribution is -0.136. The van der Waals surface area contributed by atoms with Crippen LogP contribution in [0.4, 0.5) is 10.1 Å². The van der Waals surface area contributed by atoms with Crippen LogP contribution in [0.1, 0.15) is 69.9 Å². The molecule has 3 aromatic rings. The number of aryl methyl sites for hydroxylation is 1. The quantitative estimate of drug-likeness (QED) is 0.418. The lowest BCUT2D eigenvalue weighted by Crippen LogP contribution is -2.52. The molecule has 7 rings (SSSR count). The van der Waals surface area contributed by atoms with E-state index in [9.17, 15) is 18.8 Å². The summed E-state index contributed by atoms with van der Waals surface area (Å²) in [6.07, 6.45) is 3.72. The number of halogens is 1. The van der Waals surface area contributed by atoms with Crippen molar-refractivity contribution in [3.05, 3.63) is 93.8 Å². The number of carbonyl (C=O) groups excluding carboxylic acids is 3. The van der Waals surface area contributed by atoms with Gasteiger partial charge in [0.05, 0.1) is 23.9 Å². The number of ether oxygens (including phenoxy) is 1. The molecule has 1 N–H and O–H groups in total. The Morgan fingerprint density at radius 2 is 1.80 bits per heavy atom. The average molecular weight is 608 g/mol. The molecule has 0 aromatic heterocycles. The van der Waals surface area contributed by atoms with Crippen LogP contribution in [0.5, 0.6) is 5.75 Å². The topological polar surface area (TPSA) is 106 Å². The molecule has 2 atom stereocenters. The Morgan fingerprint density at radius 3 is 2.58 bits per heavy atom. The van der Waals surface area contributed by atoms with Crippen LogP contribution < -0.4 is 15.0 Å². The first-order valence-electron chi connectivity index (χ1n) is 15.6. The molecule has 3 heterocycles. The Morgan fingerprint density at radius 1 is 0.956 bits per heavy atom. The number of fused-ring (bicyclic) bond motifs is 2. The van der Waals surface area contributed by atoms with Gasteiger partial charge in [-0.15, -0.1) is 0 Å². The van der Waals surface area contributed by atoms with Crippen LogP contribution in [0.25, 0.3) is 0 Å². The molecule has 3 amide bonds. The number of imide groups is 1. The molecule has 9 nitrogen and oxygen atoms in total. The Labute approximate surface area is 261 Å². The molecule has 0 spiro atoms. The first-order valence-corrected chi connectivity index (χ1v) is 15.6. The van der Waals surface area contributed by atoms with E-state index in [2.05, 4.69) is 33.3 Å². The van der Waals surface area contributed by atoms with Gasteiger partial charge in [-0.05, 0) is 72.7 Å². The van der Waals surface area contributed by atoms with Gasteiger partial charge in [-0.1, -0.05) is 24.3 Å². The monoisotopic (exact) mass is 607 g/mol. The first kappa shape index (κ1) is 29.0. The summed E-state index contributed by atoms with van der Waals surface area (Å²) < 4.78 is 20.9. The Hall–Kier alpha value is -4.75. The number of benzene rings is 3. The molecule has 2 fully saturated rings. The largest absolute Gasteiger partial charge is 0.489 e. The molecule has 0 saturated carbocycles. The summed E-state index contributed by atoms with van der Waals surface area (Å²) in [6.45, 7) is 3.75. The average Bonchev–Trinajstić information content (AvgIpc) is 3.39. The van der Waals surface area contributed by atoms with E-state index in [0.29, 0.717) is 41.6 Å². The fourth-order valence-corrected chi connectivity index (χ4v) is 7.27. The minimum atomic E-state index is -0.663. The molecule has 0 bridgehead atoms. The number of nitriles is 1. The second-order valence-electron chi connectivity index (χ2n) is 12.2. The molecule has 45 heavy (non-hydrogen) atoms. The maximum atomic E-state index is 14.6. The van der Waals surface area contributed by atoms with Crippen molar-refractivity contribution in [2.45, 2.75) is 57.3 Å². The van der Waals surface area contributed by atoms with Gasteiger partial charge in [0.15, 0.2) is 0 Å². The van der Waals surface area contributed by atoms with E-state index in [-0.39, 0.29) is 30.6 Å². The molecule has 230 valence electrons. The van der Waals surface area contributed by atoms with Gasteiger partial charge in [-0.3, -0.25) is 24.6 Å². The summed E-state index contributed by atoms with van der Waals surface area (Å²) in [5.74, 6) is -0.668. The lowest BCUT2D eigenvalue weighted by Gasteiger charge is -2.42. The van der Waals surface area contributed by atoms with Crippen LogP contribution in [0.3, 0.4) is 0 Å². The molecule has 3 aliphatic heterocycles. The van der Waals surface area contributed by atoms with E-state index in [1.165, 1.54) is 17.2 Å². The van der Waals surface area contributed by atoms with Crippen LogP contribution >= 0.6 is 0 Å². The number of anilines is 1. The predicted molar refractivity (Wildman–Crippen MR) is 164 cm³/mol. The van der Waals surface area contributed by atoms with E-state index in [1.54, 1.807) is 29.2 Å². The number of nitrogens with zero attached hydrogens (tertiary/aromatic N) is 4. The third-order valence-corrected chi connectivity index (χ3v) is 9.60. The number of piperidine rings is 1. The summed E-state index contributed by atoms with van der Waals surface area (Å²) in [5.41, 5.74) is 5.91. The van der Waals surface area contributed by atoms with Crippen molar-refractivity contribution in [3.63, 3.8) is 0 Å². The Kier molecular flexibility index (Phi) is 7.71. The lowest BCUT2D eigenvalue weighted by atomic mass is 9.85. The SMILES string of the molecule is N#Cc1ccc(N2CCN(C3CCCc4cc(COc5cccc6c5CN(C5CCC(=O)NC5=O)C6=O)ccc43)CC2)c(F)c1. The normalized spacial score (nSPS) is 21.6. The van der Waals surface area contributed by atoms with Crippen LogP contribution in [0.15, 0.2) is 54.6 Å². The van der Waals surface area contributed by atoms with Gasteiger partial charge in [-0.2, -0.15) is 5.26 Å². The number of hydrogen-bond donors (Lipinski definition) is 1. The second kappa shape index (κ2) is 12.0. The summed E-state index contributed by atoms with van der Waals surface area (Å²) in [6, 6.07) is 18.3. The van der Waals surface area contributed by atoms with Crippen molar-refractivity contribution in [3.8, 4) is 11.8 Å². The van der Waals surface area contributed by atoms with Gasteiger partial charge in [-0.25, -0.2) is 4.39 Å². The van der Waals surface area contributed by atoms with Crippen molar-refractivity contribution < 1.29 is 23.5 Å². The van der Waals surface area contributed by atoms with Crippen molar-refractivity contribution in [1.29, 1.82) is 5.26 Å². The third kappa shape index (κ3) is 5.53. The zero-order chi connectivity index (χ0) is 31.1. The van der Waals surface area contributed by atoms with Gasteiger partial charge < -0.3 is 14.5 Å². The maximum absolute atomic E-state index is 14.6. The zero-order valence-electron chi connectivity index (χ0n) is 24.9. The van der Waals surface area contributed by atoms with E-state index in [4.69, 9.17) is 10.00 Å². The number of amides is 3. The fourth-order valence-electron chi connectivity index (χ4n) is 7.27. The Balaban J connectivity index is 1.00. The smallest absolute Gasteiger partial charge is 0.255 e. The maximum Gasteiger partial charge on any atom is 0.255 e.